The Kier molecular flexibility index (Phi) is 7.26. The highest BCUT2D eigenvalue weighted by Crippen LogP contribution is 2.37. The van der Waals surface area contributed by atoms with Gasteiger partial charge in [-0.3, -0.25) is 0 Å². The van der Waals surface area contributed by atoms with Crippen LogP contribution in [0.4, 0.5) is 4.79 Å². The number of para-hydroxylation sites is 1. The van der Waals surface area contributed by atoms with Crippen molar-refractivity contribution in [2.45, 2.75) is 52.9 Å². The molecule has 0 aliphatic carbocycles. The monoisotopic (exact) mass is 485 g/mol. The number of rotatable bonds is 6. The van der Waals surface area contributed by atoms with E-state index < -0.39 is 0 Å². The van der Waals surface area contributed by atoms with Crippen LogP contribution in [0, 0.1) is 0 Å². The van der Waals surface area contributed by atoms with Gasteiger partial charge in [0, 0.05) is 11.1 Å². The molecule has 9 heteroatoms. The van der Waals surface area contributed by atoms with Crippen molar-refractivity contribution >= 4 is 17.7 Å². The maximum absolute atomic E-state index is 12.4. The van der Waals surface area contributed by atoms with E-state index in [0.717, 1.165) is 12.0 Å². The van der Waals surface area contributed by atoms with Gasteiger partial charge in [-0.1, -0.05) is 35.8 Å². The minimum Gasteiger partial charge on any atom is -0.489 e. The highest BCUT2D eigenvalue weighted by atomic mass is 35.5. The number of nitrogens with zero attached hydrogens (tertiary/aromatic N) is 3. The van der Waals surface area contributed by atoms with Crippen LogP contribution >= 0.6 is 11.6 Å². The molecule has 0 saturated heterocycles. The summed E-state index contributed by atoms with van der Waals surface area (Å²) in [6.45, 7) is 8.81. The second kappa shape index (κ2) is 10.3. The number of fused-ring (bicyclic) bond motifs is 1. The number of benzene rings is 2. The van der Waals surface area contributed by atoms with E-state index in [0.29, 0.717) is 59.1 Å². The lowest BCUT2D eigenvalue weighted by molar-refractivity contribution is 0.0872. The molecule has 8 nitrogen and oxygen atoms in total. The number of hydrogen-bond donors (Lipinski definition) is 0. The molecule has 1 aliphatic heterocycles. The number of halogens is 1. The van der Waals surface area contributed by atoms with E-state index in [4.69, 9.17) is 30.3 Å². The van der Waals surface area contributed by atoms with E-state index in [2.05, 4.69) is 10.1 Å². The molecule has 0 bridgehead atoms. The summed E-state index contributed by atoms with van der Waals surface area (Å²) in [5, 5.41) is 4.66. The van der Waals surface area contributed by atoms with Crippen molar-refractivity contribution in [2.75, 3.05) is 13.2 Å². The van der Waals surface area contributed by atoms with Gasteiger partial charge in [0.15, 0.2) is 0 Å². The Balaban J connectivity index is 1.66. The van der Waals surface area contributed by atoms with Crippen LogP contribution in [0.1, 0.15) is 39.7 Å². The lowest BCUT2D eigenvalue weighted by Crippen LogP contribution is -2.37. The van der Waals surface area contributed by atoms with Gasteiger partial charge in [0.2, 0.25) is 5.82 Å². The second-order valence-electron chi connectivity index (χ2n) is 8.26. The summed E-state index contributed by atoms with van der Waals surface area (Å²) in [6, 6.07) is 11.0. The molecule has 1 unspecified atom stereocenters. The van der Waals surface area contributed by atoms with E-state index >= 15 is 0 Å². The Morgan fingerprint density at radius 1 is 1.26 bits per heavy atom. The van der Waals surface area contributed by atoms with Crippen molar-refractivity contribution in [3.8, 4) is 34.3 Å². The summed E-state index contributed by atoms with van der Waals surface area (Å²) in [4.78, 5) is 18.7. The Hall–Kier alpha value is -3.26. The summed E-state index contributed by atoms with van der Waals surface area (Å²) in [5.41, 5.74) is 2.23. The molecule has 0 N–H and O–H groups in total. The van der Waals surface area contributed by atoms with Crippen LogP contribution in [-0.4, -0.2) is 46.5 Å². The van der Waals surface area contributed by atoms with Gasteiger partial charge in [-0.2, -0.15) is 4.98 Å². The van der Waals surface area contributed by atoms with Crippen LogP contribution in [-0.2, 0) is 11.3 Å². The maximum Gasteiger partial charge on any atom is 0.410 e. The molecule has 0 radical (unpaired) electrons. The van der Waals surface area contributed by atoms with Crippen molar-refractivity contribution in [1.29, 1.82) is 0 Å². The topological polar surface area (TPSA) is 86.9 Å². The Morgan fingerprint density at radius 3 is 2.79 bits per heavy atom. The zero-order valence-electron chi connectivity index (χ0n) is 19.7. The fourth-order valence-corrected chi connectivity index (χ4v) is 3.97. The van der Waals surface area contributed by atoms with E-state index in [1.807, 2.05) is 45.0 Å². The van der Waals surface area contributed by atoms with Gasteiger partial charge in [0.25, 0.3) is 5.89 Å². The van der Waals surface area contributed by atoms with Crippen molar-refractivity contribution in [2.24, 2.45) is 0 Å². The van der Waals surface area contributed by atoms with E-state index in [1.165, 1.54) is 0 Å². The average molecular weight is 486 g/mol. The minimum atomic E-state index is -0.355. The Bertz CT molecular complexity index is 1160. The van der Waals surface area contributed by atoms with Gasteiger partial charge in [-0.15, -0.1) is 0 Å². The molecule has 34 heavy (non-hydrogen) atoms. The predicted octanol–water partition coefficient (Wildman–Crippen LogP) is 5.97. The molecule has 0 spiro atoms. The zero-order valence-corrected chi connectivity index (χ0v) is 20.5. The van der Waals surface area contributed by atoms with Crippen molar-refractivity contribution in [3.05, 3.63) is 47.0 Å². The lowest BCUT2D eigenvalue weighted by Gasteiger charge is -2.22. The van der Waals surface area contributed by atoms with Gasteiger partial charge >= 0.3 is 6.09 Å². The first-order valence-electron chi connectivity index (χ1n) is 11.4. The largest absolute Gasteiger partial charge is 0.489 e. The average Bonchev–Trinajstić information content (AvgIpc) is 3.21. The van der Waals surface area contributed by atoms with Gasteiger partial charge in [0.05, 0.1) is 36.4 Å². The predicted molar refractivity (Wildman–Crippen MR) is 128 cm³/mol. The zero-order chi connectivity index (χ0) is 24.2. The SMILES string of the molecule is CCOC(=O)N1Cc2cccc(-c3noc(-c4ccc(OC(C)C)c(Cl)c4)n3)c2OC(CC)C1. The molecule has 3 aromatic rings. The van der Waals surface area contributed by atoms with E-state index in [9.17, 15) is 4.79 Å². The molecular weight excluding hydrogens is 458 g/mol. The standard InChI is InChI=1S/C25H28ClN3O5/c1-5-18-14-29(25(30)31-6-2)13-17-8-7-9-19(22(17)33-18)23-27-24(34-28-23)16-10-11-21(20(26)12-16)32-15(3)4/h7-12,15,18H,5-6,13-14H2,1-4H3. The number of carbonyl (C=O) groups excluding carboxylic acids is 1. The summed E-state index contributed by atoms with van der Waals surface area (Å²) >= 11 is 6.38. The smallest absolute Gasteiger partial charge is 0.410 e. The number of carbonyl (C=O) groups is 1. The highest BCUT2D eigenvalue weighted by Gasteiger charge is 2.29. The van der Waals surface area contributed by atoms with Gasteiger partial charge < -0.3 is 23.6 Å². The Labute approximate surface area is 203 Å². The van der Waals surface area contributed by atoms with Gasteiger partial charge in [0.1, 0.15) is 17.6 Å². The summed E-state index contributed by atoms with van der Waals surface area (Å²) < 4.78 is 22.8. The molecule has 1 amide bonds. The molecule has 1 aliphatic rings. The maximum atomic E-state index is 12.4. The van der Waals surface area contributed by atoms with E-state index in [-0.39, 0.29) is 18.3 Å². The number of hydrogen-bond acceptors (Lipinski definition) is 7. The molecular formula is C25H28ClN3O5. The van der Waals surface area contributed by atoms with Crippen LogP contribution in [0.3, 0.4) is 0 Å². The van der Waals surface area contributed by atoms with Gasteiger partial charge in [-0.25, -0.2) is 4.79 Å². The summed E-state index contributed by atoms with van der Waals surface area (Å²) in [6.07, 6.45) is 0.195. The summed E-state index contributed by atoms with van der Waals surface area (Å²) in [7, 11) is 0. The van der Waals surface area contributed by atoms with Crippen LogP contribution in [0.5, 0.6) is 11.5 Å². The fraction of sp³-hybridized carbons (Fsp3) is 0.400. The molecule has 2 aromatic carbocycles. The van der Waals surface area contributed by atoms with Crippen LogP contribution in [0.25, 0.3) is 22.8 Å². The molecule has 1 aromatic heterocycles. The first kappa shape index (κ1) is 23.9. The molecule has 0 saturated carbocycles. The molecule has 2 heterocycles. The Morgan fingerprint density at radius 2 is 2.09 bits per heavy atom. The minimum absolute atomic E-state index is 0.0124. The number of ether oxygens (including phenoxy) is 3. The molecule has 1 atom stereocenters. The third-order valence-electron chi connectivity index (χ3n) is 5.36. The van der Waals surface area contributed by atoms with E-state index in [1.54, 1.807) is 24.0 Å². The number of amides is 1. The van der Waals surface area contributed by atoms with Crippen molar-refractivity contribution < 1.29 is 23.5 Å². The first-order chi connectivity index (χ1) is 16.4. The van der Waals surface area contributed by atoms with Gasteiger partial charge in [-0.05, 0) is 51.5 Å². The van der Waals surface area contributed by atoms with Crippen LogP contribution in [0.2, 0.25) is 5.02 Å². The first-order valence-corrected chi connectivity index (χ1v) is 11.8. The third kappa shape index (κ3) is 5.12. The number of aromatic nitrogens is 2. The van der Waals surface area contributed by atoms with Crippen molar-refractivity contribution in [1.82, 2.24) is 15.0 Å². The van der Waals surface area contributed by atoms with Crippen LogP contribution < -0.4 is 9.47 Å². The molecule has 180 valence electrons. The van der Waals surface area contributed by atoms with Crippen LogP contribution in [0.15, 0.2) is 40.9 Å². The lowest BCUT2D eigenvalue weighted by atomic mass is 10.1. The second-order valence-corrected chi connectivity index (χ2v) is 8.66. The summed E-state index contributed by atoms with van der Waals surface area (Å²) in [5.74, 6) is 1.97. The molecule has 4 rings (SSSR count). The van der Waals surface area contributed by atoms with Crippen molar-refractivity contribution in [3.63, 3.8) is 0 Å². The normalized spacial score (nSPS) is 15.5. The third-order valence-corrected chi connectivity index (χ3v) is 5.65. The quantitative estimate of drug-likeness (QED) is 0.424. The molecule has 0 fully saturated rings. The fourth-order valence-electron chi connectivity index (χ4n) is 3.74. The highest BCUT2D eigenvalue weighted by molar-refractivity contribution is 6.32.